The molecular weight excluding hydrogens is 616 g/mol. The third kappa shape index (κ3) is 5.83. The topological polar surface area (TPSA) is 132 Å². The number of ether oxygens (including phenoxy) is 1. The lowest BCUT2D eigenvalue weighted by Crippen LogP contribution is -2.44. The molecule has 0 spiro atoms. The molecule has 47 heavy (non-hydrogen) atoms. The second kappa shape index (κ2) is 12.6. The van der Waals surface area contributed by atoms with Crippen molar-refractivity contribution in [3.63, 3.8) is 0 Å². The van der Waals surface area contributed by atoms with Crippen LogP contribution in [0.25, 0.3) is 22.5 Å². The second-order valence-corrected chi connectivity index (χ2v) is 12.9. The van der Waals surface area contributed by atoms with Crippen molar-refractivity contribution < 1.29 is 9.84 Å². The lowest BCUT2D eigenvalue weighted by Gasteiger charge is -2.33. The lowest BCUT2D eigenvalue weighted by molar-refractivity contribution is 0.0984. The van der Waals surface area contributed by atoms with Crippen molar-refractivity contribution >= 4 is 36.3 Å². The van der Waals surface area contributed by atoms with E-state index in [0.717, 1.165) is 25.2 Å². The number of aromatic nitrogens is 6. The Kier molecular flexibility index (Phi) is 8.72. The maximum atomic E-state index is 13.8. The van der Waals surface area contributed by atoms with Crippen LogP contribution in [-0.2, 0) is 30.7 Å². The van der Waals surface area contributed by atoms with Crippen LogP contribution in [-0.4, -0.2) is 59.6 Å². The van der Waals surface area contributed by atoms with Crippen LogP contribution in [0.3, 0.4) is 0 Å². The van der Waals surface area contributed by atoms with E-state index in [1.54, 1.807) is 41.4 Å². The van der Waals surface area contributed by atoms with Crippen LogP contribution in [0.4, 0.5) is 17.3 Å². The Bertz CT molecular complexity index is 2070. The first-order valence-electron chi connectivity index (χ1n) is 15.7. The molecular formula is C34H40N8O4S. The average molecular weight is 657 g/mol. The molecule has 7 rings (SSSR count). The van der Waals surface area contributed by atoms with Crippen LogP contribution >= 0.6 is 13.5 Å². The average Bonchev–Trinajstić information content (AvgIpc) is 3.54. The van der Waals surface area contributed by atoms with E-state index in [0.29, 0.717) is 59.3 Å². The number of pyridine rings is 2. The van der Waals surface area contributed by atoms with Crippen LogP contribution in [0.1, 0.15) is 44.5 Å². The Hall–Kier alpha value is -4.46. The van der Waals surface area contributed by atoms with Gasteiger partial charge in [0.2, 0.25) is 0 Å². The summed E-state index contributed by atoms with van der Waals surface area (Å²) in [6.45, 7) is 10.5. The van der Waals surface area contributed by atoms with Gasteiger partial charge in [0.1, 0.15) is 17.0 Å². The normalized spacial score (nSPS) is 17.0. The molecule has 1 saturated heterocycles. The highest BCUT2D eigenvalue weighted by atomic mass is 32.1. The van der Waals surface area contributed by atoms with E-state index in [1.807, 2.05) is 29.7 Å². The van der Waals surface area contributed by atoms with Crippen LogP contribution in [0.5, 0.6) is 0 Å². The van der Waals surface area contributed by atoms with Crippen molar-refractivity contribution in [2.75, 3.05) is 30.0 Å². The Morgan fingerprint density at radius 3 is 2.64 bits per heavy atom. The van der Waals surface area contributed by atoms with Gasteiger partial charge in [-0.2, -0.15) is 13.5 Å². The minimum absolute atomic E-state index is 0. The SMILES string of the molecule is CCn1cc(-c2ccnc(-n3ccn4c5c(cc4c3=O)CC(C)(C)C5)c2CO)cc(Nc2ccc(N3CCOC[C@@H]3C)nn2)c1=O.S. The quantitative estimate of drug-likeness (QED) is 0.268. The van der Waals surface area contributed by atoms with Gasteiger partial charge in [0.15, 0.2) is 11.6 Å². The highest BCUT2D eigenvalue weighted by Crippen LogP contribution is 2.37. The molecule has 0 aromatic carbocycles. The van der Waals surface area contributed by atoms with Crippen molar-refractivity contribution in [1.29, 1.82) is 0 Å². The van der Waals surface area contributed by atoms with Crippen LogP contribution in [0.2, 0.25) is 0 Å². The number of fused-ring (bicyclic) bond motifs is 3. The first kappa shape index (κ1) is 32.5. The number of nitrogens with zero attached hydrogens (tertiary/aromatic N) is 7. The molecule has 12 nitrogen and oxygen atoms in total. The molecule has 0 bridgehead atoms. The summed E-state index contributed by atoms with van der Waals surface area (Å²) >= 11 is 0. The molecule has 5 aromatic heterocycles. The van der Waals surface area contributed by atoms with E-state index in [-0.39, 0.29) is 42.7 Å². The zero-order chi connectivity index (χ0) is 32.2. The molecule has 1 aliphatic heterocycles. The van der Waals surface area contributed by atoms with Crippen molar-refractivity contribution in [1.82, 2.24) is 28.7 Å². The molecule has 246 valence electrons. The number of hydrogen-bond donors (Lipinski definition) is 2. The highest BCUT2D eigenvalue weighted by Gasteiger charge is 2.32. The summed E-state index contributed by atoms with van der Waals surface area (Å²) in [7, 11) is 0. The number of morpholine rings is 1. The van der Waals surface area contributed by atoms with E-state index in [2.05, 4.69) is 46.2 Å². The summed E-state index contributed by atoms with van der Waals surface area (Å²) in [5, 5.41) is 22.5. The van der Waals surface area contributed by atoms with Crippen molar-refractivity contribution in [2.45, 2.75) is 59.7 Å². The summed E-state index contributed by atoms with van der Waals surface area (Å²) in [6.07, 6.45) is 8.81. The zero-order valence-corrected chi connectivity index (χ0v) is 28.0. The molecule has 0 radical (unpaired) electrons. The summed E-state index contributed by atoms with van der Waals surface area (Å²) in [4.78, 5) is 33.9. The van der Waals surface area contributed by atoms with E-state index < -0.39 is 0 Å². The van der Waals surface area contributed by atoms with E-state index >= 15 is 0 Å². The van der Waals surface area contributed by atoms with E-state index in [9.17, 15) is 14.7 Å². The Morgan fingerprint density at radius 2 is 1.91 bits per heavy atom. The third-order valence-corrected chi connectivity index (χ3v) is 9.08. The smallest absolute Gasteiger partial charge is 0.280 e. The molecule has 1 fully saturated rings. The molecule has 1 atom stereocenters. The van der Waals surface area contributed by atoms with Gasteiger partial charge in [-0.15, -0.1) is 10.2 Å². The van der Waals surface area contributed by atoms with Gasteiger partial charge in [0, 0.05) is 54.7 Å². The summed E-state index contributed by atoms with van der Waals surface area (Å²) in [6, 6.07) is 9.38. The molecule has 5 aromatic rings. The second-order valence-electron chi connectivity index (χ2n) is 12.9. The molecule has 0 unspecified atom stereocenters. The molecule has 1 aliphatic carbocycles. The fourth-order valence-corrected chi connectivity index (χ4v) is 6.80. The predicted molar refractivity (Wildman–Crippen MR) is 187 cm³/mol. The number of hydrogen-bond acceptors (Lipinski definition) is 9. The largest absolute Gasteiger partial charge is 0.392 e. The standard InChI is InChI=1S/C34H38N8O4.H2S/c1-5-39-18-23(14-26(32(39)44)36-29-6-7-30(38-37-29)40-12-13-46-20-21(40)2)24-8-9-35-31(25(24)19-43)42-11-10-41-27(33(42)45)15-22-16-34(3,4)17-28(22)41;/h6-11,14-15,18,21,43H,5,12-13,16-17,19-20H2,1-4H3,(H,36,37);1H2/t21-;/m0./s1. The predicted octanol–water partition coefficient (Wildman–Crippen LogP) is 3.82. The Balaban J connectivity index is 0.00000386. The zero-order valence-electron chi connectivity index (χ0n) is 27.0. The van der Waals surface area contributed by atoms with Crippen LogP contribution in [0, 0.1) is 5.41 Å². The molecule has 2 N–H and O–H groups in total. The highest BCUT2D eigenvalue weighted by molar-refractivity contribution is 7.59. The van der Waals surface area contributed by atoms with Gasteiger partial charge in [0.05, 0.1) is 25.9 Å². The van der Waals surface area contributed by atoms with E-state index in [1.165, 1.54) is 15.8 Å². The van der Waals surface area contributed by atoms with Gasteiger partial charge in [-0.05, 0) is 73.6 Å². The minimum Gasteiger partial charge on any atom is -0.392 e. The van der Waals surface area contributed by atoms with Crippen LogP contribution < -0.4 is 21.3 Å². The molecule has 13 heteroatoms. The third-order valence-electron chi connectivity index (χ3n) is 9.08. The van der Waals surface area contributed by atoms with Crippen molar-refractivity contribution in [2.24, 2.45) is 5.41 Å². The number of rotatable bonds is 7. The number of aliphatic hydroxyl groups excluding tert-OH is 1. The van der Waals surface area contributed by atoms with Gasteiger partial charge in [-0.1, -0.05) is 13.8 Å². The van der Waals surface area contributed by atoms with E-state index in [4.69, 9.17) is 4.74 Å². The lowest BCUT2D eigenvalue weighted by atomic mass is 9.90. The van der Waals surface area contributed by atoms with Gasteiger partial charge in [-0.25, -0.2) is 4.98 Å². The number of anilines is 3. The Morgan fingerprint density at radius 1 is 1.09 bits per heavy atom. The fraction of sp³-hybridized carbons (Fsp3) is 0.382. The van der Waals surface area contributed by atoms with Crippen molar-refractivity contribution in [3.8, 4) is 16.9 Å². The minimum atomic E-state index is -0.358. The van der Waals surface area contributed by atoms with Gasteiger partial charge in [-0.3, -0.25) is 14.2 Å². The molecule has 0 saturated carbocycles. The van der Waals surface area contributed by atoms with Crippen LogP contribution in [0.15, 0.2) is 64.7 Å². The number of aliphatic hydroxyl groups is 1. The first-order chi connectivity index (χ1) is 22.2. The van der Waals surface area contributed by atoms with Crippen molar-refractivity contribution in [3.05, 3.63) is 92.6 Å². The number of aryl methyl sites for hydroxylation is 1. The first-order valence-corrected chi connectivity index (χ1v) is 15.7. The number of nitrogens with one attached hydrogen (secondary N) is 1. The molecule has 2 aliphatic rings. The maximum absolute atomic E-state index is 13.8. The van der Waals surface area contributed by atoms with Gasteiger partial charge < -0.3 is 29.0 Å². The summed E-state index contributed by atoms with van der Waals surface area (Å²) in [5.74, 6) is 1.53. The van der Waals surface area contributed by atoms with Gasteiger partial charge in [0.25, 0.3) is 11.1 Å². The molecule has 0 amide bonds. The maximum Gasteiger partial charge on any atom is 0.280 e. The van der Waals surface area contributed by atoms with Gasteiger partial charge >= 0.3 is 0 Å². The fourth-order valence-electron chi connectivity index (χ4n) is 6.80. The molecule has 6 heterocycles. The summed E-state index contributed by atoms with van der Waals surface area (Å²) in [5.41, 5.74) is 4.83. The summed E-state index contributed by atoms with van der Waals surface area (Å²) < 4.78 is 10.6. The Labute approximate surface area is 279 Å². The monoisotopic (exact) mass is 656 g/mol.